The molecule has 1 aliphatic carbocycles. The van der Waals surface area contributed by atoms with Crippen LogP contribution in [0.5, 0.6) is 0 Å². The minimum Gasteiger partial charge on any atom is -0.326 e. The van der Waals surface area contributed by atoms with E-state index in [2.05, 4.69) is 36.5 Å². The van der Waals surface area contributed by atoms with E-state index in [1.807, 2.05) is 48.2 Å². The zero-order valence-electron chi connectivity index (χ0n) is 17.6. The number of rotatable bonds is 8. The lowest BCUT2D eigenvalue weighted by molar-refractivity contribution is -0.115. The predicted octanol–water partition coefficient (Wildman–Crippen LogP) is 7.29. The third-order valence-electron chi connectivity index (χ3n) is 5.58. The molecule has 0 unspecified atom stereocenters. The number of benzene rings is 3. The SMILES string of the molecule is CCSc1ccc(CC(=O)Nc2ccc(C3(Sc4ccc(F)cc4)CCC3)cc2)cc1. The van der Waals surface area contributed by atoms with E-state index in [0.29, 0.717) is 6.42 Å². The predicted molar refractivity (Wildman–Crippen MR) is 129 cm³/mol. The lowest BCUT2D eigenvalue weighted by atomic mass is 9.79. The Kier molecular flexibility index (Phi) is 7.03. The van der Waals surface area contributed by atoms with E-state index >= 15 is 0 Å². The molecular weight excluding hydrogens is 425 g/mol. The fourth-order valence-electron chi connectivity index (χ4n) is 3.79. The van der Waals surface area contributed by atoms with Crippen molar-refractivity contribution >= 4 is 35.1 Å². The van der Waals surface area contributed by atoms with Gasteiger partial charge in [0, 0.05) is 20.2 Å². The Hall–Kier alpha value is -2.24. The first-order valence-corrected chi connectivity index (χ1v) is 12.4. The number of carbonyl (C=O) groups excluding carboxylic acids is 1. The lowest BCUT2D eigenvalue weighted by Crippen LogP contribution is -2.30. The number of anilines is 1. The third kappa shape index (κ3) is 5.52. The van der Waals surface area contributed by atoms with Crippen LogP contribution in [-0.4, -0.2) is 11.7 Å². The highest BCUT2D eigenvalue weighted by atomic mass is 32.2. The molecule has 1 N–H and O–H groups in total. The molecule has 31 heavy (non-hydrogen) atoms. The Balaban J connectivity index is 1.38. The van der Waals surface area contributed by atoms with Gasteiger partial charge in [0.2, 0.25) is 5.91 Å². The number of nitrogens with one attached hydrogen (secondary N) is 1. The van der Waals surface area contributed by atoms with Crippen LogP contribution in [0, 0.1) is 5.82 Å². The minimum absolute atomic E-state index is 0.0114. The summed E-state index contributed by atoms with van der Waals surface area (Å²) >= 11 is 3.61. The van der Waals surface area contributed by atoms with Crippen molar-refractivity contribution in [2.75, 3.05) is 11.1 Å². The summed E-state index contributed by atoms with van der Waals surface area (Å²) in [7, 11) is 0. The van der Waals surface area contributed by atoms with E-state index in [-0.39, 0.29) is 16.5 Å². The van der Waals surface area contributed by atoms with Crippen LogP contribution in [0.4, 0.5) is 10.1 Å². The van der Waals surface area contributed by atoms with Gasteiger partial charge in [-0.3, -0.25) is 4.79 Å². The van der Waals surface area contributed by atoms with Crippen molar-refractivity contribution in [3.05, 3.63) is 89.7 Å². The molecule has 1 amide bonds. The van der Waals surface area contributed by atoms with Gasteiger partial charge in [-0.15, -0.1) is 23.5 Å². The molecule has 0 radical (unpaired) electrons. The fraction of sp³-hybridized carbons (Fsp3) is 0.269. The highest BCUT2D eigenvalue weighted by Crippen LogP contribution is 2.55. The smallest absolute Gasteiger partial charge is 0.228 e. The lowest BCUT2D eigenvalue weighted by Gasteiger charge is -2.42. The summed E-state index contributed by atoms with van der Waals surface area (Å²) in [6.07, 6.45) is 3.77. The second-order valence-electron chi connectivity index (χ2n) is 7.78. The monoisotopic (exact) mass is 451 g/mol. The summed E-state index contributed by atoms with van der Waals surface area (Å²) in [4.78, 5) is 14.8. The van der Waals surface area contributed by atoms with Crippen LogP contribution in [0.2, 0.25) is 0 Å². The van der Waals surface area contributed by atoms with Crippen molar-refractivity contribution in [1.29, 1.82) is 0 Å². The molecule has 3 aromatic carbocycles. The van der Waals surface area contributed by atoms with Crippen LogP contribution in [0.15, 0.2) is 82.6 Å². The summed E-state index contributed by atoms with van der Waals surface area (Å²) in [5, 5.41) is 3.01. The van der Waals surface area contributed by atoms with Gasteiger partial charge in [-0.1, -0.05) is 31.2 Å². The van der Waals surface area contributed by atoms with Crippen molar-refractivity contribution in [1.82, 2.24) is 0 Å². The summed E-state index contributed by atoms with van der Waals surface area (Å²) < 4.78 is 13.3. The molecule has 0 heterocycles. The van der Waals surface area contributed by atoms with Gasteiger partial charge in [-0.25, -0.2) is 4.39 Å². The van der Waals surface area contributed by atoms with E-state index < -0.39 is 0 Å². The Labute approximate surface area is 192 Å². The maximum Gasteiger partial charge on any atom is 0.228 e. The van der Waals surface area contributed by atoms with E-state index in [0.717, 1.165) is 34.7 Å². The molecule has 1 saturated carbocycles. The first kappa shape index (κ1) is 22.0. The van der Waals surface area contributed by atoms with Crippen LogP contribution in [0.25, 0.3) is 0 Å². The van der Waals surface area contributed by atoms with Gasteiger partial charge in [0.05, 0.1) is 6.42 Å². The molecule has 0 aliphatic heterocycles. The molecule has 160 valence electrons. The molecule has 0 atom stereocenters. The molecule has 3 aromatic rings. The maximum atomic E-state index is 13.2. The number of thioether (sulfide) groups is 2. The fourth-order valence-corrected chi connectivity index (χ4v) is 5.93. The van der Waals surface area contributed by atoms with Gasteiger partial charge in [0.15, 0.2) is 0 Å². The molecular formula is C26H26FNOS2. The first-order chi connectivity index (χ1) is 15.1. The standard InChI is InChI=1S/C26H26FNOS2/c1-2-30-23-12-4-19(5-13-23)18-25(29)28-22-10-6-20(7-11-22)26(16-3-17-26)31-24-14-8-21(27)9-15-24/h4-15H,2-3,16-18H2,1H3,(H,28,29). The Morgan fingerprint density at radius 1 is 0.935 bits per heavy atom. The molecule has 2 nitrogen and oxygen atoms in total. The highest BCUT2D eigenvalue weighted by Gasteiger charge is 2.39. The third-order valence-corrected chi connectivity index (χ3v) is 8.02. The summed E-state index contributed by atoms with van der Waals surface area (Å²) in [5.74, 6) is 0.824. The van der Waals surface area contributed by atoms with E-state index in [4.69, 9.17) is 0 Å². The molecule has 0 spiro atoms. The number of halogens is 1. The van der Waals surface area contributed by atoms with E-state index in [9.17, 15) is 9.18 Å². The molecule has 0 aromatic heterocycles. The highest BCUT2D eigenvalue weighted by molar-refractivity contribution is 8.00. The van der Waals surface area contributed by atoms with Gasteiger partial charge >= 0.3 is 0 Å². The van der Waals surface area contributed by atoms with Crippen molar-refractivity contribution in [3.63, 3.8) is 0 Å². The first-order valence-electron chi connectivity index (χ1n) is 10.6. The summed E-state index contributed by atoms with van der Waals surface area (Å²) in [5.41, 5.74) is 3.09. The maximum absolute atomic E-state index is 13.2. The molecule has 0 bridgehead atoms. The molecule has 4 rings (SSSR count). The zero-order chi connectivity index (χ0) is 21.7. The zero-order valence-corrected chi connectivity index (χ0v) is 19.2. The van der Waals surface area contributed by atoms with Crippen molar-refractivity contribution in [2.45, 2.75) is 47.1 Å². The molecule has 0 saturated heterocycles. The van der Waals surface area contributed by atoms with Gasteiger partial charge < -0.3 is 5.32 Å². The number of hydrogen-bond acceptors (Lipinski definition) is 3. The van der Waals surface area contributed by atoms with Crippen molar-refractivity contribution < 1.29 is 9.18 Å². The topological polar surface area (TPSA) is 29.1 Å². The number of hydrogen-bond donors (Lipinski definition) is 1. The Morgan fingerprint density at radius 3 is 2.16 bits per heavy atom. The average molecular weight is 452 g/mol. The summed E-state index contributed by atoms with van der Waals surface area (Å²) in [6, 6.07) is 23.1. The summed E-state index contributed by atoms with van der Waals surface area (Å²) in [6.45, 7) is 2.13. The number of carbonyl (C=O) groups is 1. The molecule has 1 fully saturated rings. The molecule has 5 heteroatoms. The number of amides is 1. The van der Waals surface area contributed by atoms with Crippen LogP contribution in [0.3, 0.4) is 0 Å². The van der Waals surface area contributed by atoms with Crippen LogP contribution in [-0.2, 0) is 16.0 Å². The van der Waals surface area contributed by atoms with Gasteiger partial charge in [-0.2, -0.15) is 0 Å². The van der Waals surface area contributed by atoms with Gasteiger partial charge in [0.25, 0.3) is 0 Å². The second-order valence-corrected chi connectivity index (χ2v) is 10.6. The Morgan fingerprint density at radius 2 is 1.58 bits per heavy atom. The second kappa shape index (κ2) is 9.92. The van der Waals surface area contributed by atoms with Gasteiger partial charge in [0.1, 0.15) is 5.82 Å². The Bertz CT molecular complexity index is 1010. The van der Waals surface area contributed by atoms with Crippen LogP contribution < -0.4 is 5.32 Å². The molecule has 1 aliphatic rings. The normalized spacial score (nSPS) is 14.6. The van der Waals surface area contributed by atoms with Crippen molar-refractivity contribution in [2.24, 2.45) is 0 Å². The van der Waals surface area contributed by atoms with Gasteiger partial charge in [-0.05, 0) is 84.7 Å². The van der Waals surface area contributed by atoms with Crippen molar-refractivity contribution in [3.8, 4) is 0 Å². The largest absolute Gasteiger partial charge is 0.326 e. The van der Waals surface area contributed by atoms with Crippen LogP contribution >= 0.6 is 23.5 Å². The van der Waals surface area contributed by atoms with E-state index in [1.54, 1.807) is 11.8 Å². The average Bonchev–Trinajstić information content (AvgIpc) is 2.74. The minimum atomic E-state index is -0.206. The quantitative estimate of drug-likeness (QED) is 0.365. The van der Waals surface area contributed by atoms with Crippen LogP contribution in [0.1, 0.15) is 37.3 Å². The van der Waals surface area contributed by atoms with E-state index in [1.165, 1.54) is 29.0 Å².